The van der Waals surface area contributed by atoms with Crippen LogP contribution in [0.1, 0.15) is 56.6 Å². The third kappa shape index (κ3) is 5.24. The van der Waals surface area contributed by atoms with Gasteiger partial charge in [0, 0.05) is 24.4 Å². The van der Waals surface area contributed by atoms with Crippen molar-refractivity contribution >= 4 is 18.0 Å². The van der Waals surface area contributed by atoms with E-state index in [1.807, 2.05) is 38.1 Å². The molecule has 7 nitrogen and oxygen atoms in total. The Morgan fingerprint density at radius 1 is 1.03 bits per heavy atom. The molecule has 0 bridgehead atoms. The van der Waals surface area contributed by atoms with E-state index in [4.69, 9.17) is 9.84 Å². The fourth-order valence-electron chi connectivity index (χ4n) is 5.27. The minimum atomic E-state index is -1.01. The predicted octanol–water partition coefficient (Wildman–Crippen LogP) is 4.41. The lowest BCUT2D eigenvalue weighted by Gasteiger charge is -2.26. The number of benzene rings is 2. The van der Waals surface area contributed by atoms with Gasteiger partial charge in [0.25, 0.3) is 0 Å². The predicted molar refractivity (Wildman–Crippen MR) is 128 cm³/mol. The number of rotatable bonds is 8. The molecule has 7 heteroatoms. The molecule has 2 atom stereocenters. The van der Waals surface area contributed by atoms with E-state index in [2.05, 4.69) is 29.6 Å². The summed E-state index contributed by atoms with van der Waals surface area (Å²) in [6, 6.07) is 16.2. The first kappa shape index (κ1) is 23.8. The molecule has 180 valence electrons. The molecule has 2 aliphatic rings. The van der Waals surface area contributed by atoms with Crippen LogP contribution in [0, 0.1) is 5.92 Å². The quantitative estimate of drug-likeness (QED) is 0.604. The Bertz CT molecular complexity index is 1020. The summed E-state index contributed by atoms with van der Waals surface area (Å²) in [5.74, 6) is -1.02. The minimum Gasteiger partial charge on any atom is -0.480 e. The maximum atomic E-state index is 12.6. The van der Waals surface area contributed by atoms with Gasteiger partial charge in [-0.25, -0.2) is 4.79 Å². The molecule has 34 heavy (non-hydrogen) atoms. The Morgan fingerprint density at radius 2 is 1.65 bits per heavy atom. The van der Waals surface area contributed by atoms with Gasteiger partial charge in [0.1, 0.15) is 13.2 Å². The number of carboxylic acids is 1. The minimum absolute atomic E-state index is 0.0170. The van der Waals surface area contributed by atoms with E-state index >= 15 is 0 Å². The highest BCUT2D eigenvalue weighted by atomic mass is 16.5. The summed E-state index contributed by atoms with van der Waals surface area (Å²) in [5.41, 5.74) is 4.72. The highest BCUT2D eigenvalue weighted by Crippen LogP contribution is 2.44. The number of amides is 2. The summed E-state index contributed by atoms with van der Waals surface area (Å²) >= 11 is 0. The van der Waals surface area contributed by atoms with Crippen LogP contribution < -0.4 is 5.32 Å². The molecule has 0 spiro atoms. The maximum Gasteiger partial charge on any atom is 0.407 e. The van der Waals surface area contributed by atoms with Gasteiger partial charge in [0.2, 0.25) is 5.91 Å². The smallest absolute Gasteiger partial charge is 0.407 e. The number of alkyl carbamates (subject to hydrolysis) is 1. The number of hydrogen-bond acceptors (Lipinski definition) is 4. The number of aliphatic carboxylic acids is 1. The zero-order valence-corrected chi connectivity index (χ0v) is 19.7. The number of nitrogens with one attached hydrogen (secondary N) is 1. The van der Waals surface area contributed by atoms with Gasteiger partial charge in [-0.2, -0.15) is 0 Å². The molecule has 0 aliphatic heterocycles. The lowest BCUT2D eigenvalue weighted by atomic mass is 9.98. The SMILES string of the molecule is CC(C)N(CC(=O)O)C(=O)C[C@H]1CC[C@@H](NC(=O)OCC2c3ccccc3-c3ccccc32)C1. The van der Waals surface area contributed by atoms with Crippen LogP contribution in [0.5, 0.6) is 0 Å². The van der Waals surface area contributed by atoms with Gasteiger partial charge < -0.3 is 20.1 Å². The second-order valence-electron chi connectivity index (χ2n) is 9.56. The summed E-state index contributed by atoms with van der Waals surface area (Å²) in [4.78, 5) is 37.6. The molecule has 0 saturated heterocycles. The van der Waals surface area contributed by atoms with Crippen molar-refractivity contribution in [2.24, 2.45) is 5.92 Å². The lowest BCUT2D eigenvalue weighted by Crippen LogP contribution is -2.41. The van der Waals surface area contributed by atoms with E-state index < -0.39 is 12.1 Å². The summed E-state index contributed by atoms with van der Waals surface area (Å²) in [6.45, 7) is 3.62. The van der Waals surface area contributed by atoms with Crippen LogP contribution in [-0.2, 0) is 14.3 Å². The van der Waals surface area contributed by atoms with Gasteiger partial charge in [-0.3, -0.25) is 9.59 Å². The third-order valence-corrected chi connectivity index (χ3v) is 6.92. The Kier molecular flexibility index (Phi) is 7.20. The molecule has 1 saturated carbocycles. The second-order valence-corrected chi connectivity index (χ2v) is 9.56. The Balaban J connectivity index is 1.28. The Labute approximate surface area is 200 Å². The normalized spacial score (nSPS) is 18.9. The molecule has 2 N–H and O–H groups in total. The van der Waals surface area contributed by atoms with Gasteiger partial charge >= 0.3 is 12.1 Å². The number of carbonyl (C=O) groups is 3. The van der Waals surface area contributed by atoms with Crippen molar-refractivity contribution in [3.8, 4) is 11.1 Å². The first-order valence-corrected chi connectivity index (χ1v) is 12.0. The number of nitrogens with zero attached hydrogens (tertiary/aromatic N) is 1. The molecule has 2 aromatic carbocycles. The summed E-state index contributed by atoms with van der Waals surface area (Å²) < 4.78 is 5.64. The Hall–Kier alpha value is -3.35. The number of carbonyl (C=O) groups excluding carboxylic acids is 2. The van der Waals surface area contributed by atoms with Crippen molar-refractivity contribution < 1.29 is 24.2 Å². The first-order valence-electron chi connectivity index (χ1n) is 12.0. The van der Waals surface area contributed by atoms with Crippen molar-refractivity contribution in [1.29, 1.82) is 0 Å². The highest BCUT2D eigenvalue weighted by molar-refractivity contribution is 5.82. The van der Waals surface area contributed by atoms with Crippen molar-refractivity contribution in [1.82, 2.24) is 10.2 Å². The van der Waals surface area contributed by atoms with Crippen molar-refractivity contribution in [3.63, 3.8) is 0 Å². The Morgan fingerprint density at radius 3 is 2.24 bits per heavy atom. The first-order chi connectivity index (χ1) is 16.3. The third-order valence-electron chi connectivity index (χ3n) is 6.92. The molecule has 4 rings (SSSR count). The van der Waals surface area contributed by atoms with E-state index in [1.165, 1.54) is 27.2 Å². The molecular formula is C27H32N2O5. The van der Waals surface area contributed by atoms with Crippen molar-refractivity contribution in [2.75, 3.05) is 13.2 Å². The van der Waals surface area contributed by atoms with Gasteiger partial charge in [0.05, 0.1) is 0 Å². The fraction of sp³-hybridized carbons (Fsp3) is 0.444. The summed E-state index contributed by atoms with van der Waals surface area (Å²) in [5, 5.41) is 12.0. The second kappa shape index (κ2) is 10.3. The van der Waals surface area contributed by atoms with Crippen molar-refractivity contribution in [3.05, 3.63) is 59.7 Å². The molecule has 0 radical (unpaired) electrons. The average molecular weight is 465 g/mol. The molecular weight excluding hydrogens is 432 g/mol. The largest absolute Gasteiger partial charge is 0.480 e. The fourth-order valence-corrected chi connectivity index (χ4v) is 5.27. The van der Waals surface area contributed by atoms with Crippen LogP contribution in [0.4, 0.5) is 4.79 Å². The highest BCUT2D eigenvalue weighted by Gasteiger charge is 2.32. The zero-order valence-electron chi connectivity index (χ0n) is 19.7. The lowest BCUT2D eigenvalue weighted by molar-refractivity contribution is -0.146. The molecule has 2 aliphatic carbocycles. The van der Waals surface area contributed by atoms with Crippen LogP contribution in [0.25, 0.3) is 11.1 Å². The van der Waals surface area contributed by atoms with E-state index in [9.17, 15) is 14.4 Å². The molecule has 2 amide bonds. The average Bonchev–Trinajstić information content (AvgIpc) is 3.37. The molecule has 0 heterocycles. The van der Waals surface area contributed by atoms with E-state index in [1.54, 1.807) is 0 Å². The molecule has 2 aromatic rings. The van der Waals surface area contributed by atoms with Crippen LogP contribution in [0.15, 0.2) is 48.5 Å². The number of hydrogen-bond donors (Lipinski definition) is 2. The van der Waals surface area contributed by atoms with E-state index in [-0.39, 0.29) is 43.0 Å². The van der Waals surface area contributed by atoms with Crippen LogP contribution in [-0.4, -0.2) is 53.2 Å². The number of ether oxygens (including phenoxy) is 1. The summed E-state index contributed by atoms with van der Waals surface area (Å²) in [7, 11) is 0. The van der Waals surface area contributed by atoms with Crippen LogP contribution in [0.3, 0.4) is 0 Å². The molecule has 0 unspecified atom stereocenters. The summed E-state index contributed by atoms with van der Waals surface area (Å²) in [6.07, 6.45) is 2.15. The molecule has 1 fully saturated rings. The van der Waals surface area contributed by atoms with Gasteiger partial charge in [-0.15, -0.1) is 0 Å². The van der Waals surface area contributed by atoms with Gasteiger partial charge in [0.15, 0.2) is 0 Å². The monoisotopic (exact) mass is 464 g/mol. The van der Waals surface area contributed by atoms with Crippen molar-refractivity contribution in [2.45, 2.75) is 57.5 Å². The van der Waals surface area contributed by atoms with Gasteiger partial charge in [-0.1, -0.05) is 48.5 Å². The van der Waals surface area contributed by atoms with Crippen LogP contribution >= 0.6 is 0 Å². The molecule has 0 aromatic heterocycles. The maximum absolute atomic E-state index is 12.6. The van der Waals surface area contributed by atoms with E-state index in [0.29, 0.717) is 12.8 Å². The topological polar surface area (TPSA) is 95.9 Å². The zero-order chi connectivity index (χ0) is 24.2. The van der Waals surface area contributed by atoms with E-state index in [0.717, 1.165) is 12.8 Å². The standard InChI is InChI=1S/C27H32N2O5/c1-17(2)29(15-26(31)32)25(30)14-18-11-12-19(13-18)28-27(33)34-16-24-22-9-5-3-7-20(22)21-8-4-6-10-23(21)24/h3-10,17-19,24H,11-16H2,1-2H3,(H,28,33)(H,31,32)/t18-,19+/m0/s1. The van der Waals surface area contributed by atoms with Gasteiger partial charge in [-0.05, 0) is 61.3 Å². The number of carboxylic acid groups (broad SMARTS) is 1. The van der Waals surface area contributed by atoms with Crippen LogP contribution in [0.2, 0.25) is 0 Å². The number of fused-ring (bicyclic) bond motifs is 3.